The molecule has 1 aromatic carbocycles. The van der Waals surface area contributed by atoms with Crippen LogP contribution in [-0.4, -0.2) is 47.3 Å². The third-order valence-corrected chi connectivity index (χ3v) is 4.28. The Hall–Kier alpha value is -2.34. The Morgan fingerprint density at radius 2 is 2.00 bits per heavy atom. The lowest BCUT2D eigenvalue weighted by Gasteiger charge is -2.44. The number of amides is 2. The van der Waals surface area contributed by atoms with E-state index in [0.29, 0.717) is 10.7 Å². The molecule has 1 fully saturated rings. The highest BCUT2D eigenvalue weighted by molar-refractivity contribution is 6.33. The summed E-state index contributed by atoms with van der Waals surface area (Å²) in [5, 5.41) is 11.6. The van der Waals surface area contributed by atoms with Crippen molar-refractivity contribution >= 4 is 29.1 Å². The van der Waals surface area contributed by atoms with Gasteiger partial charge in [-0.2, -0.15) is 5.10 Å². The van der Waals surface area contributed by atoms with Crippen LogP contribution in [0.1, 0.15) is 5.69 Å². The summed E-state index contributed by atoms with van der Waals surface area (Å²) in [6, 6.07) is 11.0. The third-order valence-electron chi connectivity index (χ3n) is 3.95. The molecular formula is C16H18ClN5O. The topological polar surface area (TPSA) is 61.4 Å². The van der Waals surface area contributed by atoms with E-state index in [-0.39, 0.29) is 12.1 Å². The summed E-state index contributed by atoms with van der Waals surface area (Å²) in [6.07, 6.45) is 0. The molecule has 3 rings (SSSR count). The van der Waals surface area contributed by atoms with Crippen molar-refractivity contribution in [1.82, 2.24) is 15.1 Å². The molecule has 1 N–H and O–H groups in total. The van der Waals surface area contributed by atoms with Gasteiger partial charge in [0.25, 0.3) is 0 Å². The maximum absolute atomic E-state index is 12.3. The maximum Gasteiger partial charge on any atom is 0.322 e. The van der Waals surface area contributed by atoms with Crippen molar-refractivity contribution in [3.63, 3.8) is 0 Å². The molecular weight excluding hydrogens is 314 g/mol. The lowest BCUT2D eigenvalue weighted by Crippen LogP contribution is -2.60. The number of halogens is 1. The van der Waals surface area contributed by atoms with E-state index in [9.17, 15) is 4.79 Å². The number of urea groups is 1. The van der Waals surface area contributed by atoms with Crippen LogP contribution < -0.4 is 10.2 Å². The molecule has 1 saturated heterocycles. The van der Waals surface area contributed by atoms with Crippen molar-refractivity contribution in [1.29, 1.82) is 0 Å². The number of rotatable bonds is 3. The minimum atomic E-state index is -0.169. The van der Waals surface area contributed by atoms with Gasteiger partial charge < -0.3 is 15.1 Å². The fraction of sp³-hybridized carbons (Fsp3) is 0.312. The number of anilines is 2. The third kappa shape index (κ3) is 3.37. The Labute approximate surface area is 140 Å². The number of nitrogens with one attached hydrogen (secondary N) is 1. The van der Waals surface area contributed by atoms with Gasteiger partial charge in [-0.05, 0) is 31.2 Å². The Kier molecular flexibility index (Phi) is 4.34. The minimum Gasteiger partial charge on any atom is -0.351 e. The van der Waals surface area contributed by atoms with Crippen molar-refractivity contribution in [2.75, 3.05) is 30.4 Å². The van der Waals surface area contributed by atoms with E-state index >= 15 is 0 Å². The quantitative estimate of drug-likeness (QED) is 0.939. The molecule has 0 radical (unpaired) electrons. The number of para-hydroxylation sites is 1. The Balaban J connectivity index is 1.56. The molecule has 7 heteroatoms. The predicted molar refractivity (Wildman–Crippen MR) is 91.0 cm³/mol. The fourth-order valence-electron chi connectivity index (χ4n) is 2.38. The molecule has 23 heavy (non-hydrogen) atoms. The van der Waals surface area contributed by atoms with Crippen molar-refractivity contribution in [3.05, 3.63) is 47.1 Å². The van der Waals surface area contributed by atoms with E-state index in [1.807, 2.05) is 31.2 Å². The van der Waals surface area contributed by atoms with Crippen molar-refractivity contribution in [2.24, 2.45) is 0 Å². The molecule has 2 amide bonds. The second-order valence-electron chi connectivity index (χ2n) is 5.61. The minimum absolute atomic E-state index is 0.139. The molecule has 2 aromatic rings. The second kappa shape index (κ2) is 6.42. The number of carbonyl (C=O) groups excluding carboxylic acids is 1. The number of carbonyl (C=O) groups is 1. The molecule has 1 aliphatic heterocycles. The lowest BCUT2D eigenvalue weighted by molar-refractivity contribution is 0.191. The monoisotopic (exact) mass is 331 g/mol. The number of benzene rings is 1. The Bertz CT molecular complexity index is 700. The Morgan fingerprint density at radius 3 is 2.65 bits per heavy atom. The van der Waals surface area contributed by atoms with E-state index in [4.69, 9.17) is 11.6 Å². The first kappa shape index (κ1) is 15.6. The second-order valence-corrected chi connectivity index (χ2v) is 6.02. The van der Waals surface area contributed by atoms with Gasteiger partial charge in [0.15, 0.2) is 5.82 Å². The van der Waals surface area contributed by atoms with Crippen LogP contribution in [0.15, 0.2) is 36.4 Å². The van der Waals surface area contributed by atoms with E-state index in [1.165, 1.54) is 0 Å². The number of aromatic nitrogens is 2. The summed E-state index contributed by atoms with van der Waals surface area (Å²) in [6.45, 7) is 3.39. The summed E-state index contributed by atoms with van der Waals surface area (Å²) >= 11 is 6.06. The zero-order chi connectivity index (χ0) is 16.4. The highest BCUT2D eigenvalue weighted by Gasteiger charge is 2.33. The van der Waals surface area contributed by atoms with Gasteiger partial charge in [0.2, 0.25) is 0 Å². The van der Waals surface area contributed by atoms with E-state index in [2.05, 4.69) is 20.4 Å². The van der Waals surface area contributed by atoms with Gasteiger partial charge >= 0.3 is 6.03 Å². The molecule has 120 valence electrons. The van der Waals surface area contributed by atoms with Gasteiger partial charge in [0.1, 0.15) is 0 Å². The maximum atomic E-state index is 12.3. The SMILES string of the molecule is Cc1ccc(N2CC(N(C)C(=O)Nc3ccccc3Cl)C2)nn1. The molecule has 0 atom stereocenters. The standard InChI is InChI=1S/C16H18ClN5O/c1-11-7-8-15(20-19-11)22-9-12(10-22)21(2)16(23)18-14-6-4-3-5-13(14)17/h3-8,12H,9-10H2,1-2H3,(H,18,23). The van der Waals surface area contributed by atoms with Crippen LogP contribution >= 0.6 is 11.6 Å². The lowest BCUT2D eigenvalue weighted by atomic mass is 10.1. The molecule has 0 unspecified atom stereocenters. The summed E-state index contributed by atoms with van der Waals surface area (Å²) in [4.78, 5) is 16.1. The van der Waals surface area contributed by atoms with Gasteiger partial charge in [-0.25, -0.2) is 4.79 Å². The van der Waals surface area contributed by atoms with Crippen LogP contribution in [0.2, 0.25) is 5.02 Å². The molecule has 6 nitrogen and oxygen atoms in total. The summed E-state index contributed by atoms with van der Waals surface area (Å²) < 4.78 is 0. The fourth-order valence-corrected chi connectivity index (χ4v) is 2.56. The first-order chi connectivity index (χ1) is 11.0. The molecule has 1 aliphatic rings. The predicted octanol–water partition coefficient (Wildman–Crippen LogP) is 2.79. The number of nitrogens with zero attached hydrogens (tertiary/aromatic N) is 4. The van der Waals surface area contributed by atoms with Crippen LogP contribution in [0.25, 0.3) is 0 Å². The number of hydrogen-bond acceptors (Lipinski definition) is 4. The molecule has 1 aromatic heterocycles. The zero-order valence-electron chi connectivity index (χ0n) is 13.0. The van der Waals surface area contributed by atoms with E-state index < -0.39 is 0 Å². The van der Waals surface area contributed by atoms with E-state index in [1.54, 1.807) is 24.1 Å². The molecule has 2 heterocycles. The summed E-state index contributed by atoms with van der Waals surface area (Å²) in [7, 11) is 1.79. The number of aryl methyl sites for hydroxylation is 1. The van der Waals surface area contributed by atoms with E-state index in [0.717, 1.165) is 24.6 Å². The smallest absolute Gasteiger partial charge is 0.322 e. The van der Waals surface area contributed by atoms with Crippen LogP contribution in [0.5, 0.6) is 0 Å². The molecule has 0 bridgehead atoms. The summed E-state index contributed by atoms with van der Waals surface area (Å²) in [5.41, 5.74) is 1.51. The van der Waals surface area contributed by atoms with Crippen LogP contribution in [-0.2, 0) is 0 Å². The molecule has 0 saturated carbocycles. The first-order valence-corrected chi connectivity index (χ1v) is 7.76. The molecule has 0 spiro atoms. The average molecular weight is 332 g/mol. The van der Waals surface area contributed by atoms with Crippen molar-refractivity contribution < 1.29 is 4.79 Å². The van der Waals surface area contributed by atoms with Gasteiger partial charge in [0, 0.05) is 20.1 Å². The highest BCUT2D eigenvalue weighted by Crippen LogP contribution is 2.23. The Morgan fingerprint density at radius 1 is 1.26 bits per heavy atom. The zero-order valence-corrected chi connectivity index (χ0v) is 13.8. The largest absolute Gasteiger partial charge is 0.351 e. The van der Waals surface area contributed by atoms with Gasteiger partial charge in [-0.15, -0.1) is 5.10 Å². The van der Waals surface area contributed by atoms with Crippen molar-refractivity contribution in [3.8, 4) is 0 Å². The van der Waals surface area contributed by atoms with Gasteiger partial charge in [-0.3, -0.25) is 0 Å². The normalized spacial score (nSPS) is 14.3. The van der Waals surface area contributed by atoms with Crippen molar-refractivity contribution in [2.45, 2.75) is 13.0 Å². The highest BCUT2D eigenvalue weighted by atomic mass is 35.5. The van der Waals surface area contributed by atoms with Gasteiger partial charge in [0.05, 0.1) is 22.4 Å². The number of hydrogen-bond donors (Lipinski definition) is 1. The van der Waals surface area contributed by atoms with Crippen LogP contribution in [0.3, 0.4) is 0 Å². The van der Waals surface area contributed by atoms with Crippen LogP contribution in [0.4, 0.5) is 16.3 Å². The van der Waals surface area contributed by atoms with Crippen LogP contribution in [0, 0.1) is 6.92 Å². The summed E-state index contributed by atoms with van der Waals surface area (Å²) in [5.74, 6) is 0.840. The molecule has 0 aliphatic carbocycles. The average Bonchev–Trinajstić information content (AvgIpc) is 2.50. The number of likely N-dealkylation sites (N-methyl/N-ethyl adjacent to an activating group) is 1. The van der Waals surface area contributed by atoms with Gasteiger partial charge in [-0.1, -0.05) is 23.7 Å². The first-order valence-electron chi connectivity index (χ1n) is 7.38.